The molecule has 3 aromatic rings. The summed E-state index contributed by atoms with van der Waals surface area (Å²) in [4.78, 5) is 13.3. The Morgan fingerprint density at radius 3 is 2.09 bits per heavy atom. The molecular formula is C28H34N2O3S. The van der Waals surface area contributed by atoms with Crippen LogP contribution in [0.15, 0.2) is 89.8 Å². The van der Waals surface area contributed by atoms with Crippen molar-refractivity contribution in [1.29, 1.82) is 0 Å². The van der Waals surface area contributed by atoms with Crippen molar-refractivity contribution in [1.82, 2.24) is 5.32 Å². The van der Waals surface area contributed by atoms with E-state index in [1.807, 2.05) is 44.2 Å². The Balaban J connectivity index is 1.83. The van der Waals surface area contributed by atoms with E-state index in [4.69, 9.17) is 0 Å². The number of carbonyl (C=O) groups is 1. The molecule has 3 rings (SSSR count). The van der Waals surface area contributed by atoms with Crippen molar-refractivity contribution in [3.8, 4) is 0 Å². The molecule has 0 saturated heterocycles. The molecule has 0 radical (unpaired) electrons. The molecule has 0 fully saturated rings. The lowest BCUT2D eigenvalue weighted by Crippen LogP contribution is -2.45. The summed E-state index contributed by atoms with van der Waals surface area (Å²) in [6, 6.07) is 25.6. The molecule has 0 saturated carbocycles. The highest BCUT2D eigenvalue weighted by Crippen LogP contribution is 2.29. The second-order valence-electron chi connectivity index (χ2n) is 9.23. The number of aryl methyl sites for hydroxylation is 1. The van der Waals surface area contributed by atoms with Crippen molar-refractivity contribution in [2.45, 2.75) is 56.9 Å². The zero-order valence-electron chi connectivity index (χ0n) is 20.4. The SMILES string of the molecule is CCc1ccccc1N(CC(=O)NC(C)CC(C)(C)c1ccccc1)S(=O)(=O)c1ccccc1. The van der Waals surface area contributed by atoms with E-state index in [9.17, 15) is 13.2 Å². The maximum Gasteiger partial charge on any atom is 0.264 e. The monoisotopic (exact) mass is 478 g/mol. The molecule has 5 nitrogen and oxygen atoms in total. The molecule has 180 valence electrons. The summed E-state index contributed by atoms with van der Waals surface area (Å²) in [6.45, 7) is 7.94. The van der Waals surface area contributed by atoms with E-state index in [2.05, 4.69) is 31.3 Å². The number of nitrogens with zero attached hydrogens (tertiary/aromatic N) is 1. The second-order valence-corrected chi connectivity index (χ2v) is 11.1. The Kier molecular flexibility index (Phi) is 8.15. The Morgan fingerprint density at radius 2 is 1.47 bits per heavy atom. The number of hydrogen-bond acceptors (Lipinski definition) is 3. The van der Waals surface area contributed by atoms with E-state index in [1.165, 1.54) is 9.87 Å². The first-order valence-corrected chi connectivity index (χ1v) is 13.1. The van der Waals surface area contributed by atoms with Gasteiger partial charge in [0.05, 0.1) is 10.6 Å². The molecule has 3 aromatic carbocycles. The molecule has 0 heterocycles. The van der Waals surface area contributed by atoms with Crippen molar-refractivity contribution in [3.63, 3.8) is 0 Å². The van der Waals surface area contributed by atoms with Gasteiger partial charge in [-0.3, -0.25) is 9.10 Å². The van der Waals surface area contributed by atoms with Crippen molar-refractivity contribution in [2.24, 2.45) is 0 Å². The number of nitrogens with one attached hydrogen (secondary N) is 1. The van der Waals surface area contributed by atoms with Crippen LogP contribution in [-0.2, 0) is 26.7 Å². The number of anilines is 1. The van der Waals surface area contributed by atoms with Gasteiger partial charge < -0.3 is 5.32 Å². The Labute approximate surface area is 203 Å². The van der Waals surface area contributed by atoms with Crippen molar-refractivity contribution < 1.29 is 13.2 Å². The minimum Gasteiger partial charge on any atom is -0.352 e. The number of benzene rings is 3. The van der Waals surface area contributed by atoms with E-state index < -0.39 is 10.0 Å². The fourth-order valence-corrected chi connectivity index (χ4v) is 5.83. The third kappa shape index (κ3) is 6.06. The molecule has 1 amide bonds. The largest absolute Gasteiger partial charge is 0.352 e. The molecule has 0 spiro atoms. The number of carbonyl (C=O) groups excluding carboxylic acids is 1. The van der Waals surface area contributed by atoms with Gasteiger partial charge in [0.15, 0.2) is 0 Å². The van der Waals surface area contributed by atoms with E-state index in [-0.39, 0.29) is 28.8 Å². The Bertz CT molecular complexity index is 1190. The van der Waals surface area contributed by atoms with Crippen LogP contribution >= 0.6 is 0 Å². The lowest BCUT2D eigenvalue weighted by Gasteiger charge is -2.30. The Hall–Kier alpha value is -3.12. The van der Waals surface area contributed by atoms with E-state index in [0.717, 1.165) is 12.0 Å². The van der Waals surface area contributed by atoms with Gasteiger partial charge in [-0.15, -0.1) is 0 Å². The normalized spacial score (nSPS) is 12.7. The zero-order chi connectivity index (χ0) is 24.8. The fraction of sp³-hybridized carbons (Fsp3) is 0.321. The molecule has 0 aromatic heterocycles. The first-order chi connectivity index (χ1) is 16.1. The van der Waals surface area contributed by atoms with Crippen LogP contribution in [0.1, 0.15) is 45.2 Å². The van der Waals surface area contributed by atoms with Crippen LogP contribution in [0.5, 0.6) is 0 Å². The van der Waals surface area contributed by atoms with Gasteiger partial charge >= 0.3 is 0 Å². The van der Waals surface area contributed by atoms with Gasteiger partial charge in [0.2, 0.25) is 5.91 Å². The van der Waals surface area contributed by atoms with Gasteiger partial charge in [-0.05, 0) is 54.5 Å². The maximum absolute atomic E-state index is 13.6. The maximum atomic E-state index is 13.6. The number of para-hydroxylation sites is 1. The number of rotatable bonds is 10. The minimum absolute atomic E-state index is 0.134. The summed E-state index contributed by atoms with van der Waals surface area (Å²) < 4.78 is 28.4. The van der Waals surface area contributed by atoms with Gasteiger partial charge in [0.1, 0.15) is 6.54 Å². The highest BCUT2D eigenvalue weighted by Gasteiger charge is 2.30. The van der Waals surface area contributed by atoms with Gasteiger partial charge in [-0.2, -0.15) is 0 Å². The molecule has 0 aliphatic heterocycles. The van der Waals surface area contributed by atoms with Crippen LogP contribution in [0, 0.1) is 0 Å². The summed E-state index contributed by atoms with van der Waals surface area (Å²) in [5.41, 5.74) is 2.45. The van der Waals surface area contributed by atoms with Crippen LogP contribution in [0.25, 0.3) is 0 Å². The van der Waals surface area contributed by atoms with E-state index in [1.54, 1.807) is 42.5 Å². The van der Waals surface area contributed by atoms with Crippen LogP contribution in [0.2, 0.25) is 0 Å². The van der Waals surface area contributed by atoms with E-state index in [0.29, 0.717) is 12.1 Å². The Morgan fingerprint density at radius 1 is 0.912 bits per heavy atom. The summed E-state index contributed by atoms with van der Waals surface area (Å²) in [5.74, 6) is -0.332. The second kappa shape index (κ2) is 10.9. The van der Waals surface area contributed by atoms with Crippen LogP contribution < -0.4 is 9.62 Å². The molecule has 1 unspecified atom stereocenters. The molecule has 0 aliphatic carbocycles. The third-order valence-electron chi connectivity index (χ3n) is 6.04. The number of sulfonamides is 1. The minimum atomic E-state index is -3.92. The van der Waals surface area contributed by atoms with Gasteiger partial charge in [-0.25, -0.2) is 8.42 Å². The lowest BCUT2D eigenvalue weighted by atomic mass is 9.79. The van der Waals surface area contributed by atoms with E-state index >= 15 is 0 Å². The first kappa shape index (κ1) is 25.5. The highest BCUT2D eigenvalue weighted by molar-refractivity contribution is 7.92. The molecule has 1 atom stereocenters. The average Bonchev–Trinajstić information content (AvgIpc) is 2.83. The van der Waals surface area contributed by atoms with Crippen LogP contribution in [0.4, 0.5) is 5.69 Å². The summed E-state index contributed by atoms with van der Waals surface area (Å²) >= 11 is 0. The molecular weight excluding hydrogens is 444 g/mol. The predicted molar refractivity (Wildman–Crippen MR) is 138 cm³/mol. The van der Waals surface area contributed by atoms with Gasteiger partial charge in [0, 0.05) is 6.04 Å². The van der Waals surface area contributed by atoms with Crippen molar-refractivity contribution >= 4 is 21.6 Å². The third-order valence-corrected chi connectivity index (χ3v) is 7.81. The standard InChI is InChI=1S/C28H34N2O3S/c1-5-23-14-12-13-19-26(23)30(34(32,33)25-17-10-7-11-18-25)21-27(31)29-22(2)20-28(3,4)24-15-8-6-9-16-24/h6-19,22H,5,20-21H2,1-4H3,(H,29,31). The molecule has 0 bridgehead atoms. The van der Waals surface area contributed by atoms with Crippen LogP contribution in [-0.4, -0.2) is 26.9 Å². The quantitative estimate of drug-likeness (QED) is 0.429. The zero-order valence-corrected chi connectivity index (χ0v) is 21.2. The summed E-state index contributed by atoms with van der Waals surface area (Å²) in [6.07, 6.45) is 1.38. The fourth-order valence-electron chi connectivity index (χ4n) is 4.35. The lowest BCUT2D eigenvalue weighted by molar-refractivity contribution is -0.120. The predicted octanol–water partition coefficient (Wildman–Crippen LogP) is 5.32. The number of hydrogen-bond donors (Lipinski definition) is 1. The molecule has 1 N–H and O–H groups in total. The smallest absolute Gasteiger partial charge is 0.264 e. The molecule has 6 heteroatoms. The van der Waals surface area contributed by atoms with Gasteiger partial charge in [-0.1, -0.05) is 87.5 Å². The van der Waals surface area contributed by atoms with Crippen molar-refractivity contribution in [3.05, 3.63) is 96.1 Å². The highest BCUT2D eigenvalue weighted by atomic mass is 32.2. The first-order valence-electron chi connectivity index (χ1n) is 11.7. The number of amides is 1. The summed E-state index contributed by atoms with van der Waals surface area (Å²) in [7, 11) is -3.92. The van der Waals surface area contributed by atoms with Gasteiger partial charge in [0.25, 0.3) is 10.0 Å². The topological polar surface area (TPSA) is 66.5 Å². The molecule has 0 aliphatic rings. The van der Waals surface area contributed by atoms with Crippen molar-refractivity contribution in [2.75, 3.05) is 10.8 Å². The summed E-state index contributed by atoms with van der Waals surface area (Å²) in [5, 5.41) is 3.02. The molecule has 34 heavy (non-hydrogen) atoms. The average molecular weight is 479 g/mol. The van der Waals surface area contributed by atoms with Crippen LogP contribution in [0.3, 0.4) is 0 Å².